The Bertz CT molecular complexity index is 2430. The van der Waals surface area contributed by atoms with Crippen molar-refractivity contribution in [2.75, 3.05) is 4.90 Å². The highest BCUT2D eigenvalue weighted by Crippen LogP contribution is 2.52. The Labute approximate surface area is 307 Å². The largest absolute Gasteiger partial charge is 0.310 e. The van der Waals surface area contributed by atoms with E-state index in [9.17, 15) is 0 Å². The minimum atomic E-state index is -0.0146. The van der Waals surface area contributed by atoms with Gasteiger partial charge in [-0.2, -0.15) is 0 Å². The van der Waals surface area contributed by atoms with Gasteiger partial charge in [-0.15, -0.1) is 0 Å². The maximum atomic E-state index is 2.45. The number of anilines is 3. The first-order valence-electron chi connectivity index (χ1n) is 18.4. The van der Waals surface area contributed by atoms with Gasteiger partial charge in [0.05, 0.1) is 0 Å². The minimum Gasteiger partial charge on any atom is -0.310 e. The maximum absolute atomic E-state index is 2.45. The molecule has 0 saturated heterocycles. The second-order valence-corrected chi connectivity index (χ2v) is 14.5. The van der Waals surface area contributed by atoms with Gasteiger partial charge in [-0.25, -0.2) is 0 Å². The van der Waals surface area contributed by atoms with Gasteiger partial charge in [0.2, 0.25) is 0 Å². The summed E-state index contributed by atoms with van der Waals surface area (Å²) in [6.07, 6.45) is 6.93. The predicted molar refractivity (Wildman–Crippen MR) is 221 cm³/mol. The fourth-order valence-electron chi connectivity index (χ4n) is 8.28. The van der Waals surface area contributed by atoms with E-state index < -0.39 is 0 Å². The van der Waals surface area contributed by atoms with Crippen LogP contribution in [0.25, 0.3) is 50.1 Å². The molecule has 0 heterocycles. The van der Waals surface area contributed by atoms with E-state index in [2.05, 4.69) is 207 Å². The lowest BCUT2D eigenvalue weighted by Crippen LogP contribution is -2.18. The molecule has 7 aromatic carbocycles. The van der Waals surface area contributed by atoms with Crippen LogP contribution in [0.3, 0.4) is 0 Å². The highest BCUT2D eigenvalue weighted by Gasteiger charge is 2.37. The van der Waals surface area contributed by atoms with Crippen molar-refractivity contribution in [2.24, 2.45) is 0 Å². The zero-order valence-electron chi connectivity index (χ0n) is 29.8. The van der Waals surface area contributed by atoms with Crippen molar-refractivity contribution in [3.8, 4) is 44.5 Å². The standard InChI is InChI=1S/C51H41N/c1-51(2)49-21-13-12-20-46(49)47-33-31-44(35-50(47)51)52(42-28-26-39(27-29-42)37-16-8-4-9-17-37)43-30-32-45(48(34-43)40-18-10-5-11-19-40)41-24-22-38(23-25-41)36-14-6-3-7-15-36/h3-12,14-20,22-35H,13,21H2,1-2H3. The van der Waals surface area contributed by atoms with E-state index in [0.717, 1.165) is 24.2 Å². The molecule has 0 radical (unpaired) electrons. The van der Waals surface area contributed by atoms with Crippen LogP contribution in [-0.2, 0) is 5.41 Å². The first-order chi connectivity index (χ1) is 25.5. The molecule has 52 heavy (non-hydrogen) atoms. The average molecular weight is 668 g/mol. The first-order valence-corrected chi connectivity index (χ1v) is 18.4. The number of benzene rings is 7. The molecular weight excluding hydrogens is 627 g/mol. The van der Waals surface area contributed by atoms with E-state index in [1.807, 2.05) is 0 Å². The molecule has 2 aliphatic carbocycles. The number of rotatable bonds is 7. The average Bonchev–Trinajstić information content (AvgIpc) is 3.45. The fraction of sp³-hybridized carbons (Fsp3) is 0.0980. The van der Waals surface area contributed by atoms with Gasteiger partial charge >= 0.3 is 0 Å². The quantitative estimate of drug-likeness (QED) is 0.164. The van der Waals surface area contributed by atoms with Crippen LogP contribution in [0.15, 0.2) is 194 Å². The summed E-state index contributed by atoms with van der Waals surface area (Å²) < 4.78 is 0. The summed E-state index contributed by atoms with van der Waals surface area (Å²) in [4.78, 5) is 2.44. The normalized spacial score (nSPS) is 14.2. The Morgan fingerprint density at radius 2 is 0.885 bits per heavy atom. The van der Waals surface area contributed by atoms with Crippen LogP contribution in [0.5, 0.6) is 0 Å². The molecule has 0 amide bonds. The molecule has 0 unspecified atom stereocenters. The van der Waals surface area contributed by atoms with E-state index in [4.69, 9.17) is 0 Å². The molecule has 0 N–H and O–H groups in total. The molecule has 0 fully saturated rings. The molecule has 1 nitrogen and oxygen atoms in total. The van der Waals surface area contributed by atoms with Crippen molar-refractivity contribution >= 4 is 22.6 Å². The molecule has 1 heteroatoms. The van der Waals surface area contributed by atoms with E-state index in [0.29, 0.717) is 0 Å². The fourth-order valence-corrected chi connectivity index (χ4v) is 8.28. The molecule has 0 aromatic heterocycles. The lowest BCUT2D eigenvalue weighted by Gasteiger charge is -2.30. The van der Waals surface area contributed by atoms with Gasteiger partial charge in [0.25, 0.3) is 0 Å². The molecule has 0 bridgehead atoms. The van der Waals surface area contributed by atoms with Gasteiger partial charge in [-0.3, -0.25) is 0 Å². The predicted octanol–water partition coefficient (Wildman–Crippen LogP) is 14.2. The Hall–Kier alpha value is -6.18. The number of fused-ring (bicyclic) bond motifs is 2. The second kappa shape index (κ2) is 13.2. The maximum Gasteiger partial charge on any atom is 0.0468 e. The van der Waals surface area contributed by atoms with Crippen LogP contribution in [0.4, 0.5) is 17.1 Å². The third-order valence-corrected chi connectivity index (χ3v) is 11.0. The SMILES string of the molecule is CC1(C)C2=C(C=CCC2)c2ccc(N(c3ccc(-c4ccccc4)cc3)c3ccc(-c4ccc(-c5ccccc5)cc4)c(-c4ccccc4)c3)cc21. The summed E-state index contributed by atoms with van der Waals surface area (Å²) in [5.41, 5.74) is 18.9. The Kier molecular flexibility index (Phi) is 8.05. The second-order valence-electron chi connectivity index (χ2n) is 14.5. The van der Waals surface area contributed by atoms with Crippen LogP contribution in [-0.4, -0.2) is 0 Å². The molecule has 0 spiro atoms. The summed E-state index contributed by atoms with van der Waals surface area (Å²) in [6, 6.07) is 64.2. The van der Waals surface area contributed by atoms with E-state index in [1.54, 1.807) is 5.57 Å². The number of hydrogen-bond donors (Lipinski definition) is 0. The van der Waals surface area contributed by atoms with Crippen molar-refractivity contribution in [3.63, 3.8) is 0 Å². The Morgan fingerprint density at radius 3 is 1.50 bits per heavy atom. The molecule has 0 aliphatic heterocycles. The van der Waals surface area contributed by atoms with Crippen LogP contribution in [0, 0.1) is 0 Å². The highest BCUT2D eigenvalue weighted by atomic mass is 15.1. The summed E-state index contributed by atoms with van der Waals surface area (Å²) in [6.45, 7) is 4.81. The summed E-state index contributed by atoms with van der Waals surface area (Å²) in [5.74, 6) is 0. The Morgan fingerprint density at radius 1 is 0.423 bits per heavy atom. The number of hydrogen-bond acceptors (Lipinski definition) is 1. The van der Waals surface area contributed by atoms with Gasteiger partial charge in [0, 0.05) is 22.5 Å². The monoisotopic (exact) mass is 667 g/mol. The van der Waals surface area contributed by atoms with Crippen LogP contribution in [0.2, 0.25) is 0 Å². The molecule has 250 valence electrons. The van der Waals surface area contributed by atoms with E-state index >= 15 is 0 Å². The smallest absolute Gasteiger partial charge is 0.0468 e. The Balaban J connectivity index is 1.19. The van der Waals surface area contributed by atoms with Crippen molar-refractivity contribution in [3.05, 3.63) is 205 Å². The zero-order chi connectivity index (χ0) is 35.1. The lowest BCUT2D eigenvalue weighted by molar-refractivity contribution is 0.607. The first kappa shape index (κ1) is 31.8. The van der Waals surface area contributed by atoms with Gasteiger partial charge < -0.3 is 4.90 Å². The molecule has 7 aromatic rings. The van der Waals surface area contributed by atoms with Crippen LogP contribution < -0.4 is 4.90 Å². The zero-order valence-corrected chi connectivity index (χ0v) is 29.8. The third-order valence-electron chi connectivity index (χ3n) is 11.0. The molecular formula is C51H41N. The summed E-state index contributed by atoms with van der Waals surface area (Å²) in [5, 5.41) is 0. The van der Waals surface area contributed by atoms with Gasteiger partial charge in [0.1, 0.15) is 0 Å². The van der Waals surface area contributed by atoms with Crippen molar-refractivity contribution in [2.45, 2.75) is 32.1 Å². The van der Waals surface area contributed by atoms with Crippen molar-refractivity contribution in [1.29, 1.82) is 0 Å². The van der Waals surface area contributed by atoms with Crippen LogP contribution >= 0.6 is 0 Å². The van der Waals surface area contributed by atoms with Gasteiger partial charge in [0.15, 0.2) is 0 Å². The third kappa shape index (κ3) is 5.69. The molecule has 0 saturated carbocycles. The highest BCUT2D eigenvalue weighted by molar-refractivity contribution is 5.92. The summed E-state index contributed by atoms with van der Waals surface area (Å²) in [7, 11) is 0. The topological polar surface area (TPSA) is 3.24 Å². The van der Waals surface area contributed by atoms with Gasteiger partial charge in [-0.05, 0) is 110 Å². The summed E-state index contributed by atoms with van der Waals surface area (Å²) >= 11 is 0. The van der Waals surface area contributed by atoms with E-state index in [1.165, 1.54) is 66.9 Å². The van der Waals surface area contributed by atoms with Crippen molar-refractivity contribution in [1.82, 2.24) is 0 Å². The molecule has 2 aliphatic rings. The number of nitrogens with zero attached hydrogens (tertiary/aromatic N) is 1. The van der Waals surface area contributed by atoms with E-state index in [-0.39, 0.29) is 5.41 Å². The molecule has 9 rings (SSSR count). The molecule has 0 atom stereocenters. The van der Waals surface area contributed by atoms with Crippen molar-refractivity contribution < 1.29 is 0 Å². The minimum absolute atomic E-state index is 0.0146. The number of allylic oxidation sites excluding steroid dienone is 4. The lowest BCUT2D eigenvalue weighted by atomic mass is 9.78. The van der Waals surface area contributed by atoms with Crippen LogP contribution in [0.1, 0.15) is 37.8 Å². The van der Waals surface area contributed by atoms with Gasteiger partial charge in [-0.1, -0.05) is 171 Å².